The number of amides is 1. The Balaban J connectivity index is 1.78. The van der Waals surface area contributed by atoms with Gasteiger partial charge in [0.15, 0.2) is 0 Å². The van der Waals surface area contributed by atoms with Crippen molar-refractivity contribution in [3.8, 4) is 0 Å². The van der Waals surface area contributed by atoms with Crippen LogP contribution < -0.4 is 10.6 Å². The van der Waals surface area contributed by atoms with Crippen molar-refractivity contribution in [2.45, 2.75) is 6.42 Å². The zero-order valence-corrected chi connectivity index (χ0v) is 10.2. The zero-order chi connectivity index (χ0) is 13.2. The van der Waals surface area contributed by atoms with Crippen molar-refractivity contribution >= 4 is 17.3 Å². The van der Waals surface area contributed by atoms with E-state index in [-0.39, 0.29) is 11.7 Å². The molecule has 1 aliphatic rings. The van der Waals surface area contributed by atoms with E-state index in [0.29, 0.717) is 11.3 Å². The molecule has 19 heavy (non-hydrogen) atoms. The number of carbonyl (C=O) groups is 1. The predicted molar refractivity (Wildman–Crippen MR) is 73.0 cm³/mol. The van der Waals surface area contributed by atoms with Gasteiger partial charge in [-0.05, 0) is 48.4 Å². The Morgan fingerprint density at radius 3 is 2.74 bits per heavy atom. The van der Waals surface area contributed by atoms with Crippen LogP contribution >= 0.6 is 0 Å². The molecule has 0 aliphatic carbocycles. The number of rotatable bonds is 2. The van der Waals surface area contributed by atoms with Crippen LogP contribution in [-0.2, 0) is 6.42 Å². The van der Waals surface area contributed by atoms with Crippen molar-refractivity contribution in [3.63, 3.8) is 0 Å². The summed E-state index contributed by atoms with van der Waals surface area (Å²) in [7, 11) is 0. The van der Waals surface area contributed by atoms with Gasteiger partial charge in [-0.2, -0.15) is 0 Å². The highest BCUT2D eigenvalue weighted by Gasteiger charge is 2.13. The number of nitrogens with one attached hydrogen (secondary N) is 2. The molecule has 1 aliphatic heterocycles. The number of benzene rings is 2. The van der Waals surface area contributed by atoms with Gasteiger partial charge < -0.3 is 10.6 Å². The molecule has 0 saturated carbocycles. The van der Waals surface area contributed by atoms with Gasteiger partial charge in [0.2, 0.25) is 0 Å². The number of halogens is 1. The van der Waals surface area contributed by atoms with E-state index in [1.165, 1.54) is 17.7 Å². The lowest BCUT2D eigenvalue weighted by Gasteiger charge is -2.07. The Kier molecular flexibility index (Phi) is 2.91. The lowest BCUT2D eigenvalue weighted by atomic mass is 10.1. The van der Waals surface area contributed by atoms with E-state index in [4.69, 9.17) is 0 Å². The lowest BCUT2D eigenvalue weighted by Crippen LogP contribution is -2.12. The minimum Gasteiger partial charge on any atom is -0.384 e. The van der Waals surface area contributed by atoms with Crippen molar-refractivity contribution in [1.29, 1.82) is 0 Å². The van der Waals surface area contributed by atoms with Gasteiger partial charge in [-0.25, -0.2) is 4.39 Å². The lowest BCUT2D eigenvalue weighted by molar-refractivity contribution is 0.102. The summed E-state index contributed by atoms with van der Waals surface area (Å²) in [5.41, 5.74) is 3.43. The highest BCUT2D eigenvalue weighted by atomic mass is 19.1. The Morgan fingerprint density at radius 1 is 1.16 bits per heavy atom. The molecule has 2 aromatic carbocycles. The smallest absolute Gasteiger partial charge is 0.255 e. The van der Waals surface area contributed by atoms with Crippen LogP contribution in [0.1, 0.15) is 15.9 Å². The molecular formula is C15H13FN2O. The monoisotopic (exact) mass is 256 g/mol. The third-order valence-electron chi connectivity index (χ3n) is 3.18. The van der Waals surface area contributed by atoms with Crippen LogP contribution in [0.15, 0.2) is 42.5 Å². The SMILES string of the molecule is O=C(Nc1ccc(F)cc1)c1ccc2c(c1)NCC2. The highest BCUT2D eigenvalue weighted by Crippen LogP contribution is 2.23. The van der Waals surface area contributed by atoms with Gasteiger partial charge in [0, 0.05) is 23.5 Å². The summed E-state index contributed by atoms with van der Waals surface area (Å²) in [5, 5.41) is 5.98. The van der Waals surface area contributed by atoms with Gasteiger partial charge in [0.05, 0.1) is 0 Å². The largest absolute Gasteiger partial charge is 0.384 e. The van der Waals surface area contributed by atoms with Gasteiger partial charge in [-0.1, -0.05) is 6.07 Å². The molecular weight excluding hydrogens is 243 g/mol. The molecule has 0 aromatic heterocycles. The first-order valence-corrected chi connectivity index (χ1v) is 6.16. The minimum absolute atomic E-state index is 0.192. The van der Waals surface area contributed by atoms with Crippen LogP contribution in [0.3, 0.4) is 0 Å². The first-order valence-electron chi connectivity index (χ1n) is 6.16. The zero-order valence-electron chi connectivity index (χ0n) is 10.2. The van der Waals surface area contributed by atoms with Crippen LogP contribution in [0.2, 0.25) is 0 Å². The van der Waals surface area contributed by atoms with E-state index in [2.05, 4.69) is 10.6 Å². The van der Waals surface area contributed by atoms with Crippen molar-refractivity contribution in [1.82, 2.24) is 0 Å². The summed E-state index contributed by atoms with van der Waals surface area (Å²) in [5.74, 6) is -0.511. The quantitative estimate of drug-likeness (QED) is 0.867. The van der Waals surface area contributed by atoms with E-state index in [1.807, 2.05) is 18.2 Å². The molecule has 3 nitrogen and oxygen atoms in total. The first kappa shape index (κ1) is 11.7. The van der Waals surface area contributed by atoms with Crippen molar-refractivity contribution in [2.75, 3.05) is 17.2 Å². The Bertz CT molecular complexity index is 623. The van der Waals surface area contributed by atoms with Gasteiger partial charge in [0.25, 0.3) is 5.91 Å². The van der Waals surface area contributed by atoms with Crippen LogP contribution in [0, 0.1) is 5.82 Å². The number of hydrogen-bond donors (Lipinski definition) is 2. The molecule has 1 amide bonds. The number of fused-ring (bicyclic) bond motifs is 1. The fourth-order valence-electron chi connectivity index (χ4n) is 2.17. The minimum atomic E-state index is -0.320. The molecule has 0 unspecified atom stereocenters. The van der Waals surface area contributed by atoms with Gasteiger partial charge in [-0.15, -0.1) is 0 Å². The predicted octanol–water partition coefficient (Wildman–Crippen LogP) is 3.05. The molecule has 0 spiro atoms. The molecule has 2 aromatic rings. The van der Waals surface area contributed by atoms with Crippen molar-refractivity contribution in [2.24, 2.45) is 0 Å². The second-order valence-corrected chi connectivity index (χ2v) is 4.51. The first-order chi connectivity index (χ1) is 9.22. The molecule has 3 rings (SSSR count). The molecule has 0 atom stereocenters. The fourth-order valence-corrected chi connectivity index (χ4v) is 2.17. The average molecular weight is 256 g/mol. The third-order valence-corrected chi connectivity index (χ3v) is 3.18. The van der Waals surface area contributed by atoms with Gasteiger partial charge >= 0.3 is 0 Å². The van der Waals surface area contributed by atoms with Crippen LogP contribution in [0.4, 0.5) is 15.8 Å². The van der Waals surface area contributed by atoms with E-state index in [1.54, 1.807) is 12.1 Å². The standard InChI is InChI=1S/C15H13FN2O/c16-12-3-5-13(6-4-12)18-15(19)11-2-1-10-7-8-17-14(10)9-11/h1-6,9,17H,7-8H2,(H,18,19). The maximum Gasteiger partial charge on any atom is 0.255 e. The van der Waals surface area contributed by atoms with E-state index >= 15 is 0 Å². The number of carbonyl (C=O) groups excluding carboxylic acids is 1. The second-order valence-electron chi connectivity index (χ2n) is 4.51. The maximum absolute atomic E-state index is 12.8. The normalized spacial score (nSPS) is 12.7. The summed E-state index contributed by atoms with van der Waals surface area (Å²) < 4.78 is 12.8. The topological polar surface area (TPSA) is 41.1 Å². The molecule has 4 heteroatoms. The van der Waals surface area contributed by atoms with Crippen molar-refractivity contribution in [3.05, 3.63) is 59.4 Å². The highest BCUT2D eigenvalue weighted by molar-refractivity contribution is 6.05. The summed E-state index contributed by atoms with van der Waals surface area (Å²) in [6.07, 6.45) is 0.995. The Labute approximate surface area is 110 Å². The van der Waals surface area contributed by atoms with Gasteiger partial charge in [-0.3, -0.25) is 4.79 Å². The second kappa shape index (κ2) is 4.72. The molecule has 1 heterocycles. The summed E-state index contributed by atoms with van der Waals surface area (Å²) in [6, 6.07) is 11.3. The Hall–Kier alpha value is -2.36. The summed E-state index contributed by atoms with van der Waals surface area (Å²) in [4.78, 5) is 12.1. The maximum atomic E-state index is 12.8. The molecule has 0 bridgehead atoms. The van der Waals surface area contributed by atoms with Gasteiger partial charge in [0.1, 0.15) is 5.82 Å². The summed E-state index contributed by atoms with van der Waals surface area (Å²) in [6.45, 7) is 0.915. The van der Waals surface area contributed by atoms with Crippen molar-refractivity contribution < 1.29 is 9.18 Å². The van der Waals surface area contributed by atoms with Crippen LogP contribution in [-0.4, -0.2) is 12.5 Å². The molecule has 0 saturated heterocycles. The molecule has 0 radical (unpaired) electrons. The fraction of sp³-hybridized carbons (Fsp3) is 0.133. The van der Waals surface area contributed by atoms with E-state index in [9.17, 15) is 9.18 Å². The summed E-state index contributed by atoms with van der Waals surface area (Å²) >= 11 is 0. The van der Waals surface area contributed by atoms with E-state index < -0.39 is 0 Å². The number of anilines is 2. The third kappa shape index (κ3) is 2.42. The molecule has 96 valence electrons. The Morgan fingerprint density at radius 2 is 1.95 bits per heavy atom. The average Bonchev–Trinajstić information content (AvgIpc) is 2.88. The van der Waals surface area contributed by atoms with E-state index in [0.717, 1.165) is 18.7 Å². The number of hydrogen-bond acceptors (Lipinski definition) is 2. The molecule has 2 N–H and O–H groups in total. The molecule has 0 fully saturated rings. The van der Waals surface area contributed by atoms with Crippen LogP contribution in [0.5, 0.6) is 0 Å². The van der Waals surface area contributed by atoms with Crippen LogP contribution in [0.25, 0.3) is 0 Å².